The fourth-order valence-corrected chi connectivity index (χ4v) is 4.02. The van der Waals surface area contributed by atoms with Crippen molar-refractivity contribution < 1.29 is 9.53 Å². The smallest absolute Gasteiger partial charge is 0.323 e. The first kappa shape index (κ1) is 17.4. The van der Waals surface area contributed by atoms with Crippen LogP contribution in [0.3, 0.4) is 0 Å². The number of esters is 1. The molecule has 128 valence electrons. The third kappa shape index (κ3) is 4.35. The van der Waals surface area contributed by atoms with Crippen LogP contribution >= 0.6 is 22.9 Å². The molecule has 1 saturated heterocycles. The summed E-state index contributed by atoms with van der Waals surface area (Å²) in [7, 11) is 1.46. The Labute approximate surface area is 151 Å². The first-order valence-corrected chi connectivity index (χ1v) is 9.41. The van der Waals surface area contributed by atoms with Crippen LogP contribution in [0.1, 0.15) is 35.5 Å². The molecule has 2 aromatic rings. The molecule has 1 aromatic carbocycles. The summed E-state index contributed by atoms with van der Waals surface area (Å²) in [6.45, 7) is 1.63. The molecular formula is C18H21ClN2O2S. The van der Waals surface area contributed by atoms with Gasteiger partial charge in [0.25, 0.3) is 0 Å². The van der Waals surface area contributed by atoms with Gasteiger partial charge in [0, 0.05) is 23.4 Å². The predicted octanol–water partition coefficient (Wildman–Crippen LogP) is 3.91. The Bertz CT molecular complexity index is 687. The zero-order valence-corrected chi connectivity index (χ0v) is 15.3. The van der Waals surface area contributed by atoms with Crippen molar-refractivity contribution in [3.05, 3.63) is 50.9 Å². The van der Waals surface area contributed by atoms with Gasteiger partial charge in [0.05, 0.1) is 17.8 Å². The number of likely N-dealkylation sites (tertiary alicyclic amines) is 1. The largest absolute Gasteiger partial charge is 0.468 e. The van der Waals surface area contributed by atoms with E-state index < -0.39 is 0 Å². The maximum Gasteiger partial charge on any atom is 0.323 e. The summed E-state index contributed by atoms with van der Waals surface area (Å²) in [5.74, 6) is -0.133. The monoisotopic (exact) mass is 364 g/mol. The second-order valence-corrected chi connectivity index (χ2v) is 7.42. The number of halogens is 1. The van der Waals surface area contributed by atoms with Crippen molar-refractivity contribution in [3.63, 3.8) is 0 Å². The molecule has 1 atom stereocenters. The lowest BCUT2D eigenvalue weighted by Crippen LogP contribution is -2.44. The van der Waals surface area contributed by atoms with Gasteiger partial charge >= 0.3 is 5.97 Å². The molecular weight excluding hydrogens is 344 g/mol. The summed E-state index contributed by atoms with van der Waals surface area (Å²) in [5.41, 5.74) is 2.23. The first-order valence-electron chi connectivity index (χ1n) is 8.15. The number of benzene rings is 1. The third-order valence-electron chi connectivity index (χ3n) is 4.32. The number of ether oxygens (including phenoxy) is 1. The molecule has 1 aliphatic heterocycles. The molecule has 2 heterocycles. The van der Waals surface area contributed by atoms with Gasteiger partial charge in [-0.05, 0) is 37.1 Å². The average molecular weight is 365 g/mol. The standard InChI is InChI=1S/C18H21ClN2O2S/c1-23-18(22)16-4-2-3-9-21(16)11-15-12-24-17(20-15)10-13-5-7-14(19)8-6-13/h5-8,12,16H,2-4,9-11H2,1H3. The molecule has 1 unspecified atom stereocenters. The van der Waals surface area contributed by atoms with Crippen molar-refractivity contribution in [2.75, 3.05) is 13.7 Å². The molecule has 0 amide bonds. The fourth-order valence-electron chi connectivity index (χ4n) is 3.07. The third-order valence-corrected chi connectivity index (χ3v) is 5.47. The summed E-state index contributed by atoms with van der Waals surface area (Å²) in [6, 6.07) is 7.73. The molecule has 0 radical (unpaired) electrons. The van der Waals surface area contributed by atoms with Crippen LogP contribution in [0.15, 0.2) is 29.6 Å². The van der Waals surface area contributed by atoms with E-state index in [-0.39, 0.29) is 12.0 Å². The van der Waals surface area contributed by atoms with Gasteiger partial charge in [0.15, 0.2) is 0 Å². The molecule has 0 saturated carbocycles. The second-order valence-electron chi connectivity index (χ2n) is 6.04. The van der Waals surface area contributed by atoms with Crippen LogP contribution in [0.25, 0.3) is 0 Å². The van der Waals surface area contributed by atoms with E-state index in [0.29, 0.717) is 6.54 Å². The normalized spacial score (nSPS) is 18.5. The van der Waals surface area contributed by atoms with Crippen molar-refractivity contribution in [1.82, 2.24) is 9.88 Å². The molecule has 24 heavy (non-hydrogen) atoms. The van der Waals surface area contributed by atoms with Crippen molar-refractivity contribution in [2.45, 2.75) is 38.3 Å². The van der Waals surface area contributed by atoms with E-state index in [1.807, 2.05) is 24.3 Å². The van der Waals surface area contributed by atoms with Crippen LogP contribution in [0.4, 0.5) is 0 Å². The summed E-state index contributed by atoms with van der Waals surface area (Å²) in [6.07, 6.45) is 3.88. The molecule has 0 aliphatic carbocycles. The Balaban J connectivity index is 1.64. The molecule has 3 rings (SSSR count). The lowest BCUT2D eigenvalue weighted by Gasteiger charge is -2.33. The molecule has 1 aromatic heterocycles. The number of hydrogen-bond acceptors (Lipinski definition) is 5. The van der Waals surface area contributed by atoms with E-state index in [1.54, 1.807) is 11.3 Å². The Kier molecular flexibility index (Phi) is 5.87. The van der Waals surface area contributed by atoms with E-state index in [0.717, 1.165) is 48.0 Å². The van der Waals surface area contributed by atoms with E-state index in [4.69, 9.17) is 21.3 Å². The average Bonchev–Trinajstić information content (AvgIpc) is 3.04. The van der Waals surface area contributed by atoms with Gasteiger partial charge in [-0.3, -0.25) is 9.69 Å². The zero-order chi connectivity index (χ0) is 16.9. The van der Waals surface area contributed by atoms with Crippen LogP contribution < -0.4 is 0 Å². The number of nitrogens with zero attached hydrogens (tertiary/aromatic N) is 2. The Hall–Kier alpha value is -1.43. The van der Waals surface area contributed by atoms with Crippen LogP contribution in [-0.4, -0.2) is 35.5 Å². The lowest BCUT2D eigenvalue weighted by molar-refractivity contribution is -0.148. The van der Waals surface area contributed by atoms with Crippen molar-refractivity contribution in [3.8, 4) is 0 Å². The zero-order valence-electron chi connectivity index (χ0n) is 13.7. The topological polar surface area (TPSA) is 42.4 Å². The van der Waals surface area contributed by atoms with E-state index in [1.165, 1.54) is 12.7 Å². The number of hydrogen-bond donors (Lipinski definition) is 0. The van der Waals surface area contributed by atoms with Crippen molar-refractivity contribution >= 4 is 28.9 Å². The Morgan fingerprint density at radius 3 is 2.92 bits per heavy atom. The Morgan fingerprint density at radius 2 is 2.17 bits per heavy atom. The number of thiazole rings is 1. The molecule has 0 N–H and O–H groups in total. The van der Waals surface area contributed by atoms with Crippen LogP contribution in [0, 0.1) is 0 Å². The summed E-state index contributed by atoms with van der Waals surface area (Å²) < 4.78 is 4.94. The lowest BCUT2D eigenvalue weighted by atomic mass is 10.0. The number of methoxy groups -OCH3 is 1. The molecule has 6 heteroatoms. The summed E-state index contributed by atoms with van der Waals surface area (Å²) >= 11 is 7.59. The van der Waals surface area contributed by atoms with Gasteiger partial charge in [-0.1, -0.05) is 30.2 Å². The summed E-state index contributed by atoms with van der Waals surface area (Å²) in [4.78, 5) is 18.9. The van der Waals surface area contributed by atoms with E-state index in [2.05, 4.69) is 10.3 Å². The maximum absolute atomic E-state index is 11.9. The number of carbonyl (C=O) groups is 1. The molecule has 0 bridgehead atoms. The Morgan fingerprint density at radius 1 is 1.38 bits per heavy atom. The molecule has 4 nitrogen and oxygen atoms in total. The number of aromatic nitrogens is 1. The highest BCUT2D eigenvalue weighted by Crippen LogP contribution is 2.22. The maximum atomic E-state index is 11.9. The SMILES string of the molecule is COC(=O)C1CCCCN1Cc1csc(Cc2ccc(Cl)cc2)n1. The van der Waals surface area contributed by atoms with Gasteiger partial charge in [-0.25, -0.2) is 4.98 Å². The van der Waals surface area contributed by atoms with Gasteiger partial charge in [-0.15, -0.1) is 11.3 Å². The van der Waals surface area contributed by atoms with Crippen LogP contribution in [-0.2, 0) is 22.5 Å². The molecule has 1 fully saturated rings. The highest BCUT2D eigenvalue weighted by atomic mass is 35.5. The van der Waals surface area contributed by atoms with E-state index in [9.17, 15) is 4.79 Å². The van der Waals surface area contributed by atoms with Gasteiger partial charge in [0.2, 0.25) is 0 Å². The highest BCUT2D eigenvalue weighted by Gasteiger charge is 2.29. The fraction of sp³-hybridized carbons (Fsp3) is 0.444. The molecule has 1 aliphatic rings. The van der Waals surface area contributed by atoms with E-state index >= 15 is 0 Å². The predicted molar refractivity (Wildman–Crippen MR) is 96.4 cm³/mol. The van der Waals surface area contributed by atoms with Crippen molar-refractivity contribution in [2.24, 2.45) is 0 Å². The number of rotatable bonds is 5. The minimum Gasteiger partial charge on any atom is -0.468 e. The second kappa shape index (κ2) is 8.10. The highest BCUT2D eigenvalue weighted by molar-refractivity contribution is 7.09. The number of piperidine rings is 1. The molecule has 0 spiro atoms. The minimum atomic E-state index is -0.134. The van der Waals surface area contributed by atoms with Crippen LogP contribution in [0.5, 0.6) is 0 Å². The van der Waals surface area contributed by atoms with Gasteiger partial charge in [-0.2, -0.15) is 0 Å². The van der Waals surface area contributed by atoms with Gasteiger partial charge in [0.1, 0.15) is 6.04 Å². The quantitative estimate of drug-likeness (QED) is 0.754. The minimum absolute atomic E-state index is 0.133. The first-order chi connectivity index (χ1) is 11.7. The number of carbonyl (C=O) groups excluding carboxylic acids is 1. The van der Waals surface area contributed by atoms with Gasteiger partial charge < -0.3 is 4.74 Å². The van der Waals surface area contributed by atoms with Crippen molar-refractivity contribution in [1.29, 1.82) is 0 Å². The van der Waals surface area contributed by atoms with Crippen LogP contribution in [0.2, 0.25) is 5.02 Å². The summed E-state index contributed by atoms with van der Waals surface area (Å²) in [5, 5.41) is 3.92.